The van der Waals surface area contributed by atoms with Gasteiger partial charge in [0.1, 0.15) is 11.8 Å². The molecule has 0 saturated heterocycles. The number of ether oxygens (including phenoxy) is 1. The maximum Gasteiger partial charge on any atom is 0.258 e. The van der Waals surface area contributed by atoms with Crippen LogP contribution in [-0.4, -0.2) is 54.2 Å². The molecule has 2 aromatic rings. The molecule has 0 aliphatic rings. The topological polar surface area (TPSA) is 117 Å². The fourth-order valence-electron chi connectivity index (χ4n) is 4.22. The van der Waals surface area contributed by atoms with Crippen molar-refractivity contribution in [3.05, 3.63) is 42.5 Å². The molecule has 3 amide bonds. The lowest BCUT2D eigenvalue weighted by Crippen LogP contribution is -2.56. The molecule has 8 nitrogen and oxygen atoms in total. The molecule has 0 spiro atoms. The molecule has 210 valence electrons. The summed E-state index contributed by atoms with van der Waals surface area (Å²) in [5.74, 6) is -0.421. The predicted molar refractivity (Wildman–Crippen MR) is 151 cm³/mol. The van der Waals surface area contributed by atoms with Gasteiger partial charge in [0.25, 0.3) is 5.91 Å². The number of hydrogen-bond donors (Lipinski definition) is 4. The van der Waals surface area contributed by atoms with E-state index < -0.39 is 24.1 Å². The van der Waals surface area contributed by atoms with Gasteiger partial charge in [0.05, 0.1) is 18.6 Å². The van der Waals surface area contributed by atoms with E-state index in [1.165, 1.54) is 0 Å². The third kappa shape index (κ3) is 10.3. The van der Waals surface area contributed by atoms with E-state index in [0.29, 0.717) is 25.1 Å². The molecule has 2 rings (SSSR count). The standard InChI is InChI=1S/C30H45N3O5/c1-6-8-15-31-27(35)18-26(34)25(16-20(3)4)32-30(37)29(21(5)7-2)33-28(36)19-38-24-14-13-22-11-9-10-12-23(22)17-24/h9-14,17,20-21,25-26,29,34H,6-8,15-16,18-19H2,1-5H3,(H,31,35)(H,32,37)(H,33,36)/t21-,25-,26-,29-/m0/s1. The molecule has 0 bridgehead atoms. The second-order valence-electron chi connectivity index (χ2n) is 10.4. The van der Waals surface area contributed by atoms with Crippen LogP contribution in [0.1, 0.15) is 66.7 Å². The molecule has 0 saturated carbocycles. The Hall–Kier alpha value is -3.13. The third-order valence-electron chi connectivity index (χ3n) is 6.67. The third-order valence-corrected chi connectivity index (χ3v) is 6.67. The summed E-state index contributed by atoms with van der Waals surface area (Å²) in [5.41, 5.74) is 0. The smallest absolute Gasteiger partial charge is 0.258 e. The van der Waals surface area contributed by atoms with Gasteiger partial charge in [0.2, 0.25) is 11.8 Å². The minimum atomic E-state index is -1.03. The number of aliphatic hydroxyl groups is 1. The van der Waals surface area contributed by atoms with Crippen molar-refractivity contribution in [2.45, 2.75) is 84.9 Å². The van der Waals surface area contributed by atoms with Crippen LogP contribution in [0.2, 0.25) is 0 Å². The number of aliphatic hydroxyl groups excluding tert-OH is 1. The number of carbonyl (C=O) groups excluding carboxylic acids is 3. The highest BCUT2D eigenvalue weighted by molar-refractivity contribution is 5.89. The predicted octanol–water partition coefficient (Wildman–Crippen LogP) is 3.95. The first-order valence-corrected chi connectivity index (χ1v) is 13.8. The molecular formula is C30H45N3O5. The highest BCUT2D eigenvalue weighted by Crippen LogP contribution is 2.20. The molecule has 0 aromatic heterocycles. The minimum absolute atomic E-state index is 0.0959. The van der Waals surface area contributed by atoms with Crippen LogP contribution < -0.4 is 20.7 Å². The molecule has 0 heterocycles. The minimum Gasteiger partial charge on any atom is -0.484 e. The lowest BCUT2D eigenvalue weighted by molar-refractivity contribution is -0.132. The maximum absolute atomic E-state index is 13.3. The zero-order valence-electron chi connectivity index (χ0n) is 23.5. The van der Waals surface area contributed by atoms with E-state index in [9.17, 15) is 19.5 Å². The Bertz CT molecular complexity index is 1040. The average molecular weight is 528 g/mol. The Morgan fingerprint density at radius 2 is 1.66 bits per heavy atom. The summed E-state index contributed by atoms with van der Waals surface area (Å²) in [6.07, 6.45) is 1.87. The second-order valence-corrected chi connectivity index (χ2v) is 10.4. The lowest BCUT2D eigenvalue weighted by Gasteiger charge is -2.30. The Labute approximate surface area is 226 Å². The number of fused-ring (bicyclic) bond motifs is 1. The van der Waals surface area contributed by atoms with Crippen molar-refractivity contribution >= 4 is 28.5 Å². The average Bonchev–Trinajstić information content (AvgIpc) is 2.89. The van der Waals surface area contributed by atoms with Gasteiger partial charge in [-0.1, -0.05) is 77.8 Å². The van der Waals surface area contributed by atoms with Gasteiger partial charge in [-0.3, -0.25) is 14.4 Å². The zero-order valence-corrected chi connectivity index (χ0v) is 23.5. The van der Waals surface area contributed by atoms with Crippen molar-refractivity contribution in [2.75, 3.05) is 13.2 Å². The molecule has 2 aromatic carbocycles. The zero-order chi connectivity index (χ0) is 28.1. The van der Waals surface area contributed by atoms with Crippen LogP contribution in [0.15, 0.2) is 42.5 Å². The number of rotatable bonds is 16. The van der Waals surface area contributed by atoms with Gasteiger partial charge < -0.3 is 25.8 Å². The molecular weight excluding hydrogens is 482 g/mol. The summed E-state index contributed by atoms with van der Waals surface area (Å²) >= 11 is 0. The van der Waals surface area contributed by atoms with Gasteiger partial charge in [-0.25, -0.2) is 0 Å². The van der Waals surface area contributed by atoms with Crippen molar-refractivity contribution in [1.29, 1.82) is 0 Å². The van der Waals surface area contributed by atoms with Crippen molar-refractivity contribution < 1.29 is 24.2 Å². The summed E-state index contributed by atoms with van der Waals surface area (Å²) in [7, 11) is 0. The monoisotopic (exact) mass is 527 g/mol. The number of unbranched alkanes of at least 4 members (excludes halogenated alkanes) is 1. The van der Waals surface area contributed by atoms with E-state index in [4.69, 9.17) is 4.74 Å². The van der Waals surface area contributed by atoms with E-state index in [1.54, 1.807) is 0 Å². The Balaban J connectivity index is 2.01. The summed E-state index contributed by atoms with van der Waals surface area (Å²) in [6, 6.07) is 12.1. The van der Waals surface area contributed by atoms with Crippen LogP contribution >= 0.6 is 0 Å². The Morgan fingerprint density at radius 3 is 2.32 bits per heavy atom. The van der Waals surface area contributed by atoms with Crippen molar-refractivity contribution in [2.24, 2.45) is 11.8 Å². The SMILES string of the molecule is CCCCNC(=O)C[C@H](O)[C@H](CC(C)C)NC(=O)[C@@H](NC(=O)COc1ccc2ccccc2c1)[C@@H](C)CC. The first-order chi connectivity index (χ1) is 18.1. The molecule has 4 N–H and O–H groups in total. The molecule has 38 heavy (non-hydrogen) atoms. The van der Waals surface area contributed by atoms with Crippen LogP contribution in [0.3, 0.4) is 0 Å². The van der Waals surface area contributed by atoms with Crippen LogP contribution in [0.4, 0.5) is 0 Å². The highest BCUT2D eigenvalue weighted by atomic mass is 16.5. The fourth-order valence-corrected chi connectivity index (χ4v) is 4.22. The van der Waals surface area contributed by atoms with E-state index in [2.05, 4.69) is 16.0 Å². The van der Waals surface area contributed by atoms with Gasteiger partial charge in [-0.2, -0.15) is 0 Å². The van der Waals surface area contributed by atoms with Crippen LogP contribution in [0, 0.1) is 11.8 Å². The molecule has 8 heteroatoms. The van der Waals surface area contributed by atoms with E-state index in [-0.39, 0.29) is 36.7 Å². The van der Waals surface area contributed by atoms with Crippen molar-refractivity contribution in [3.8, 4) is 5.75 Å². The molecule has 0 radical (unpaired) electrons. The Morgan fingerprint density at radius 1 is 0.947 bits per heavy atom. The number of benzene rings is 2. The Kier molecular flexibility index (Phi) is 13.1. The lowest BCUT2D eigenvalue weighted by atomic mass is 9.94. The van der Waals surface area contributed by atoms with Gasteiger partial charge in [-0.15, -0.1) is 0 Å². The van der Waals surface area contributed by atoms with E-state index >= 15 is 0 Å². The van der Waals surface area contributed by atoms with Crippen LogP contribution in [0.5, 0.6) is 5.75 Å². The van der Waals surface area contributed by atoms with Crippen LogP contribution in [0.25, 0.3) is 10.8 Å². The van der Waals surface area contributed by atoms with E-state index in [0.717, 1.165) is 23.6 Å². The van der Waals surface area contributed by atoms with E-state index in [1.807, 2.05) is 77.1 Å². The largest absolute Gasteiger partial charge is 0.484 e. The van der Waals surface area contributed by atoms with Crippen molar-refractivity contribution in [3.63, 3.8) is 0 Å². The maximum atomic E-state index is 13.3. The fraction of sp³-hybridized carbons (Fsp3) is 0.567. The number of carbonyl (C=O) groups is 3. The summed E-state index contributed by atoms with van der Waals surface area (Å²) < 4.78 is 5.70. The van der Waals surface area contributed by atoms with Gasteiger partial charge in [-0.05, 0) is 47.6 Å². The normalized spacial score (nSPS) is 14.4. The molecule has 0 fully saturated rings. The number of amides is 3. The summed E-state index contributed by atoms with van der Waals surface area (Å²) in [6.45, 7) is 10.2. The molecule has 0 aliphatic carbocycles. The van der Waals surface area contributed by atoms with Gasteiger partial charge in [0.15, 0.2) is 6.61 Å². The first-order valence-electron chi connectivity index (χ1n) is 13.8. The van der Waals surface area contributed by atoms with Crippen LogP contribution in [-0.2, 0) is 14.4 Å². The van der Waals surface area contributed by atoms with Gasteiger partial charge >= 0.3 is 0 Å². The quantitative estimate of drug-likeness (QED) is 0.247. The van der Waals surface area contributed by atoms with Crippen molar-refractivity contribution in [1.82, 2.24) is 16.0 Å². The highest BCUT2D eigenvalue weighted by Gasteiger charge is 2.31. The molecule has 4 atom stereocenters. The second kappa shape index (κ2) is 16.0. The first kappa shape index (κ1) is 31.1. The summed E-state index contributed by atoms with van der Waals surface area (Å²) in [4.78, 5) is 38.3. The number of nitrogens with one attached hydrogen (secondary N) is 3. The molecule has 0 aliphatic heterocycles. The molecule has 0 unspecified atom stereocenters. The number of hydrogen-bond acceptors (Lipinski definition) is 5. The van der Waals surface area contributed by atoms with Gasteiger partial charge in [0, 0.05) is 6.54 Å². The summed E-state index contributed by atoms with van der Waals surface area (Å²) in [5, 5.41) is 21.4.